The number of benzene rings is 1. The number of nitrogens with two attached hydrogens (primary N) is 1. The Kier molecular flexibility index (Phi) is 9.06. The molecule has 2 fully saturated rings. The first kappa shape index (κ1) is 26.7. The molecular weight excluding hydrogens is 478 g/mol. The molecule has 0 bridgehead atoms. The van der Waals surface area contributed by atoms with Crippen molar-refractivity contribution in [3.63, 3.8) is 0 Å². The van der Waals surface area contributed by atoms with Gasteiger partial charge in [-0.05, 0) is 55.9 Å². The number of amides is 1. The molecule has 2 atom stereocenters. The van der Waals surface area contributed by atoms with E-state index in [1.54, 1.807) is 7.11 Å². The van der Waals surface area contributed by atoms with Crippen LogP contribution >= 0.6 is 11.6 Å². The number of ether oxygens (including phenoxy) is 2. The van der Waals surface area contributed by atoms with Gasteiger partial charge in [0.25, 0.3) is 5.91 Å². The first-order valence-corrected chi connectivity index (χ1v) is 13.1. The second-order valence-electron chi connectivity index (χ2n) is 9.76. The average molecular weight is 516 g/mol. The summed E-state index contributed by atoms with van der Waals surface area (Å²) in [7, 11) is 1.73. The zero-order chi connectivity index (χ0) is 25.7. The molecule has 3 heterocycles. The van der Waals surface area contributed by atoms with Crippen molar-refractivity contribution in [2.45, 2.75) is 57.3 Å². The zero-order valence-electron chi connectivity index (χ0n) is 21.3. The standard InChI is InChI=1S/C27H38ClN5O3/c1-18(19(2)33-10-6-20-4-5-22(28)14-21(20)15-33)26(30-17-29)27(34)32-11-7-23(8-12-32)31-24-9-13-36-16-25(24)35-3/h4-5,14,17,23-25,31H,2,6-13,15-16H2,1,3H3,(H2,29,30)/b26-18-/t24-,25+/m0/s1. The minimum atomic E-state index is -0.102. The number of methoxy groups -OCH3 is 1. The van der Waals surface area contributed by atoms with Crippen molar-refractivity contribution >= 4 is 23.8 Å². The number of nitrogens with zero attached hydrogens (tertiary/aromatic N) is 3. The Morgan fingerprint density at radius 2 is 2.03 bits per heavy atom. The van der Waals surface area contributed by atoms with Crippen LogP contribution in [0.15, 0.2) is 46.7 Å². The molecule has 3 aliphatic heterocycles. The number of likely N-dealkylation sites (tertiary alicyclic amines) is 1. The fraction of sp³-hybridized carbons (Fsp3) is 0.556. The molecule has 8 nitrogen and oxygen atoms in total. The third-order valence-electron chi connectivity index (χ3n) is 7.60. The number of allylic oxidation sites excluding steroid dienone is 1. The molecule has 36 heavy (non-hydrogen) atoms. The molecule has 0 radical (unpaired) electrons. The Hall–Kier alpha value is -2.39. The minimum Gasteiger partial charge on any atom is -0.390 e. The molecule has 0 spiro atoms. The summed E-state index contributed by atoms with van der Waals surface area (Å²) < 4.78 is 11.1. The van der Waals surface area contributed by atoms with Crippen LogP contribution in [0, 0.1) is 0 Å². The predicted octanol–water partition coefficient (Wildman–Crippen LogP) is 2.86. The first-order chi connectivity index (χ1) is 17.4. The van der Waals surface area contributed by atoms with Gasteiger partial charge < -0.3 is 30.3 Å². The van der Waals surface area contributed by atoms with Gasteiger partial charge >= 0.3 is 0 Å². The highest BCUT2D eigenvalue weighted by Gasteiger charge is 2.31. The van der Waals surface area contributed by atoms with Crippen molar-refractivity contribution in [3.8, 4) is 0 Å². The molecule has 3 aliphatic rings. The van der Waals surface area contributed by atoms with Crippen LogP contribution in [-0.2, 0) is 27.2 Å². The number of carbonyl (C=O) groups is 1. The molecule has 2 saturated heterocycles. The highest BCUT2D eigenvalue weighted by Crippen LogP contribution is 2.28. The number of nitrogens with one attached hydrogen (secondary N) is 1. The van der Waals surface area contributed by atoms with Crippen molar-refractivity contribution in [1.29, 1.82) is 0 Å². The molecule has 0 unspecified atom stereocenters. The van der Waals surface area contributed by atoms with Crippen molar-refractivity contribution in [1.82, 2.24) is 15.1 Å². The van der Waals surface area contributed by atoms with Crippen LogP contribution in [0.4, 0.5) is 0 Å². The third-order valence-corrected chi connectivity index (χ3v) is 7.83. The Bertz CT molecular complexity index is 1020. The van der Waals surface area contributed by atoms with Crippen molar-refractivity contribution in [3.05, 3.63) is 57.9 Å². The van der Waals surface area contributed by atoms with Gasteiger partial charge in [0, 0.05) is 68.3 Å². The van der Waals surface area contributed by atoms with E-state index >= 15 is 0 Å². The van der Waals surface area contributed by atoms with Gasteiger partial charge in [-0.25, -0.2) is 4.99 Å². The SMILES string of the molecule is C=C(/C(C)=C(\N=C/N)C(=O)N1CCC(N[C@H]2CCOC[C@H]2OC)CC1)N1CCc2ccc(Cl)cc2C1. The summed E-state index contributed by atoms with van der Waals surface area (Å²) >= 11 is 6.22. The molecular formula is C27H38ClN5O3. The van der Waals surface area contributed by atoms with Crippen molar-refractivity contribution in [2.75, 3.05) is 40.0 Å². The van der Waals surface area contributed by atoms with E-state index in [1.165, 1.54) is 17.5 Å². The van der Waals surface area contributed by atoms with E-state index in [9.17, 15) is 4.79 Å². The molecule has 3 N–H and O–H groups in total. The lowest BCUT2D eigenvalue weighted by molar-refractivity contribution is -0.128. The molecule has 1 amide bonds. The summed E-state index contributed by atoms with van der Waals surface area (Å²) in [5, 5.41) is 4.46. The molecule has 0 saturated carbocycles. The van der Waals surface area contributed by atoms with Gasteiger partial charge in [-0.3, -0.25) is 4.79 Å². The van der Waals surface area contributed by atoms with Gasteiger partial charge in [0.15, 0.2) is 0 Å². The van der Waals surface area contributed by atoms with E-state index in [0.717, 1.165) is 55.1 Å². The normalized spacial score (nSPS) is 24.0. The highest BCUT2D eigenvalue weighted by atomic mass is 35.5. The number of hydrogen-bond donors (Lipinski definition) is 2. The molecule has 0 aliphatic carbocycles. The van der Waals surface area contributed by atoms with Crippen LogP contribution in [0.25, 0.3) is 0 Å². The number of rotatable bonds is 7. The topological polar surface area (TPSA) is 92.4 Å². The molecule has 4 rings (SSSR count). The van der Waals surface area contributed by atoms with E-state index in [-0.39, 0.29) is 18.1 Å². The van der Waals surface area contributed by atoms with Gasteiger partial charge in [0.1, 0.15) is 5.70 Å². The van der Waals surface area contributed by atoms with Crippen molar-refractivity contribution < 1.29 is 14.3 Å². The quantitative estimate of drug-likeness (QED) is 0.251. The van der Waals surface area contributed by atoms with Gasteiger partial charge in [-0.15, -0.1) is 0 Å². The zero-order valence-corrected chi connectivity index (χ0v) is 22.1. The van der Waals surface area contributed by atoms with E-state index < -0.39 is 0 Å². The summed E-state index contributed by atoms with van der Waals surface area (Å²) in [6.45, 7) is 10.4. The molecule has 0 aromatic heterocycles. The van der Waals surface area contributed by atoms with Gasteiger partial charge in [0.05, 0.1) is 19.0 Å². The van der Waals surface area contributed by atoms with E-state index in [2.05, 4.69) is 27.9 Å². The number of hydrogen-bond acceptors (Lipinski definition) is 6. The Labute approximate surface area is 219 Å². The molecule has 1 aromatic carbocycles. The minimum absolute atomic E-state index is 0.0679. The summed E-state index contributed by atoms with van der Waals surface area (Å²) in [4.78, 5) is 21.9. The second-order valence-corrected chi connectivity index (χ2v) is 10.2. The van der Waals surface area contributed by atoms with E-state index in [0.29, 0.717) is 38.0 Å². The number of piperidine rings is 1. The van der Waals surface area contributed by atoms with Gasteiger partial charge in [-0.2, -0.15) is 0 Å². The van der Waals surface area contributed by atoms with Crippen LogP contribution < -0.4 is 11.1 Å². The third kappa shape index (κ3) is 6.11. The highest BCUT2D eigenvalue weighted by molar-refractivity contribution is 6.30. The molecule has 1 aromatic rings. The Morgan fingerprint density at radius 1 is 1.25 bits per heavy atom. The first-order valence-electron chi connectivity index (χ1n) is 12.7. The predicted molar refractivity (Wildman–Crippen MR) is 143 cm³/mol. The van der Waals surface area contributed by atoms with Crippen LogP contribution in [0.3, 0.4) is 0 Å². The maximum absolute atomic E-state index is 13.5. The average Bonchev–Trinajstić information content (AvgIpc) is 2.91. The van der Waals surface area contributed by atoms with E-state index in [1.807, 2.05) is 24.0 Å². The van der Waals surface area contributed by atoms with Crippen LogP contribution in [0.5, 0.6) is 0 Å². The Balaban J connectivity index is 1.40. The largest absolute Gasteiger partial charge is 0.390 e. The second kappa shape index (κ2) is 12.2. The summed E-state index contributed by atoms with van der Waals surface area (Å²) in [5.41, 5.74) is 10.0. The number of halogens is 1. The summed E-state index contributed by atoms with van der Waals surface area (Å²) in [6.07, 6.45) is 4.85. The van der Waals surface area contributed by atoms with Gasteiger partial charge in [-0.1, -0.05) is 24.2 Å². The summed E-state index contributed by atoms with van der Waals surface area (Å²) in [5.74, 6) is -0.102. The van der Waals surface area contributed by atoms with Crippen LogP contribution in [0.1, 0.15) is 37.3 Å². The maximum atomic E-state index is 13.5. The number of carbonyl (C=O) groups excluding carboxylic acids is 1. The smallest absolute Gasteiger partial charge is 0.272 e. The fourth-order valence-electron chi connectivity index (χ4n) is 5.35. The van der Waals surface area contributed by atoms with E-state index in [4.69, 9.17) is 26.8 Å². The lowest BCUT2D eigenvalue weighted by Crippen LogP contribution is -2.54. The van der Waals surface area contributed by atoms with Crippen LogP contribution in [-0.4, -0.2) is 80.2 Å². The number of aliphatic imine (C=N–C) groups is 1. The van der Waals surface area contributed by atoms with Crippen LogP contribution in [0.2, 0.25) is 5.02 Å². The van der Waals surface area contributed by atoms with Gasteiger partial charge in [0.2, 0.25) is 0 Å². The number of fused-ring (bicyclic) bond motifs is 1. The molecule has 9 heteroatoms. The lowest BCUT2D eigenvalue weighted by atomic mass is 9.98. The van der Waals surface area contributed by atoms with Crippen molar-refractivity contribution in [2.24, 2.45) is 10.7 Å². The fourth-order valence-corrected chi connectivity index (χ4v) is 5.55. The monoisotopic (exact) mass is 515 g/mol. The maximum Gasteiger partial charge on any atom is 0.272 e. The lowest BCUT2D eigenvalue weighted by Gasteiger charge is -2.38. The molecule has 196 valence electrons. The Morgan fingerprint density at radius 3 is 2.75 bits per heavy atom. The summed E-state index contributed by atoms with van der Waals surface area (Å²) in [6, 6.07) is 6.65.